The summed E-state index contributed by atoms with van der Waals surface area (Å²) in [4.78, 5) is 31.8. The Morgan fingerprint density at radius 3 is 2.36 bits per heavy atom. The van der Waals surface area contributed by atoms with Crippen molar-refractivity contribution in [2.24, 2.45) is 0 Å². The van der Waals surface area contributed by atoms with E-state index in [9.17, 15) is 9.59 Å². The van der Waals surface area contributed by atoms with Gasteiger partial charge in [-0.25, -0.2) is 4.98 Å². The molecule has 0 saturated heterocycles. The molecule has 0 saturated carbocycles. The van der Waals surface area contributed by atoms with Crippen LogP contribution in [0.4, 0.5) is 0 Å². The molecule has 136 valence electrons. The zero-order valence-electron chi connectivity index (χ0n) is 15.8. The molecule has 0 fully saturated rings. The first-order valence-corrected chi connectivity index (χ1v) is 8.87. The average Bonchev–Trinajstić information content (AvgIpc) is 2.92. The summed E-state index contributed by atoms with van der Waals surface area (Å²) in [6.45, 7) is 11.2. The van der Waals surface area contributed by atoms with E-state index in [0.29, 0.717) is 24.3 Å². The number of aromatic nitrogens is 2. The minimum atomic E-state index is -0.377. The number of nitrogens with one attached hydrogen (secondary N) is 1. The number of pyridine rings is 1. The molecule has 1 N–H and O–H groups in total. The van der Waals surface area contributed by atoms with Crippen molar-refractivity contribution in [3.05, 3.63) is 35.9 Å². The molecule has 2 aromatic heterocycles. The third-order valence-corrected chi connectivity index (χ3v) is 3.72. The van der Waals surface area contributed by atoms with Crippen LogP contribution in [-0.4, -0.2) is 44.7 Å². The number of nitrogens with zero attached hydrogens (tertiary/aromatic N) is 3. The highest BCUT2D eigenvalue weighted by Crippen LogP contribution is 2.17. The summed E-state index contributed by atoms with van der Waals surface area (Å²) in [5, 5.41) is 2.91. The van der Waals surface area contributed by atoms with E-state index in [0.717, 1.165) is 12.8 Å². The molecule has 0 atom stereocenters. The smallest absolute Gasteiger partial charge is 0.288 e. The van der Waals surface area contributed by atoms with Gasteiger partial charge in [-0.15, -0.1) is 0 Å². The van der Waals surface area contributed by atoms with Crippen LogP contribution in [0.2, 0.25) is 0 Å². The normalized spacial score (nSPS) is 11.6. The molecule has 0 aliphatic rings. The van der Waals surface area contributed by atoms with Crippen LogP contribution in [0.3, 0.4) is 0 Å². The van der Waals surface area contributed by atoms with Gasteiger partial charge in [-0.2, -0.15) is 0 Å². The molecule has 6 heteroatoms. The first-order valence-electron chi connectivity index (χ1n) is 8.87. The minimum Gasteiger partial charge on any atom is -0.345 e. The molecule has 2 rings (SSSR count). The SMILES string of the molecule is CCCN(CCC)C(=O)c1nc(C(=O)NC(C)(C)C)n2ccccc12. The van der Waals surface area contributed by atoms with Gasteiger partial charge in [0.15, 0.2) is 5.69 Å². The molecule has 6 nitrogen and oxygen atoms in total. The summed E-state index contributed by atoms with van der Waals surface area (Å²) in [6, 6.07) is 5.50. The maximum atomic E-state index is 13.0. The third kappa shape index (κ3) is 4.38. The van der Waals surface area contributed by atoms with Gasteiger partial charge < -0.3 is 10.2 Å². The highest BCUT2D eigenvalue weighted by Gasteiger charge is 2.26. The van der Waals surface area contributed by atoms with Crippen LogP contribution in [0, 0.1) is 0 Å². The molecule has 0 unspecified atom stereocenters. The Balaban J connectivity index is 2.48. The van der Waals surface area contributed by atoms with E-state index in [-0.39, 0.29) is 23.2 Å². The molecular weight excluding hydrogens is 316 g/mol. The van der Waals surface area contributed by atoms with Crippen molar-refractivity contribution in [2.75, 3.05) is 13.1 Å². The van der Waals surface area contributed by atoms with Crippen molar-refractivity contribution in [2.45, 2.75) is 53.0 Å². The number of hydrogen-bond acceptors (Lipinski definition) is 3. The summed E-state index contributed by atoms with van der Waals surface area (Å²) < 4.78 is 1.68. The number of carbonyl (C=O) groups excluding carboxylic acids is 2. The van der Waals surface area contributed by atoms with Gasteiger partial charge in [-0.05, 0) is 45.7 Å². The monoisotopic (exact) mass is 344 g/mol. The van der Waals surface area contributed by atoms with E-state index < -0.39 is 0 Å². The maximum Gasteiger partial charge on any atom is 0.288 e. The van der Waals surface area contributed by atoms with E-state index in [4.69, 9.17) is 0 Å². The maximum absolute atomic E-state index is 13.0. The summed E-state index contributed by atoms with van der Waals surface area (Å²) in [7, 11) is 0. The van der Waals surface area contributed by atoms with Gasteiger partial charge in [0, 0.05) is 24.8 Å². The molecule has 0 radical (unpaired) electrons. The number of imidazole rings is 1. The van der Waals surface area contributed by atoms with E-state index in [1.54, 1.807) is 15.5 Å². The molecule has 2 aromatic rings. The molecule has 2 heterocycles. The standard InChI is InChI=1S/C19H28N4O2/c1-6-11-22(12-7-2)18(25)15-14-10-8-9-13-23(14)16(20-15)17(24)21-19(3,4)5/h8-10,13H,6-7,11-12H2,1-5H3,(H,21,24). The van der Waals surface area contributed by atoms with Crippen LogP contribution < -0.4 is 5.32 Å². The second kappa shape index (κ2) is 7.68. The van der Waals surface area contributed by atoms with Crippen molar-refractivity contribution in [1.29, 1.82) is 0 Å². The second-order valence-electron chi connectivity index (χ2n) is 7.24. The third-order valence-electron chi connectivity index (χ3n) is 3.72. The topological polar surface area (TPSA) is 66.7 Å². The zero-order chi connectivity index (χ0) is 18.6. The Hall–Kier alpha value is -2.37. The van der Waals surface area contributed by atoms with Crippen molar-refractivity contribution in [1.82, 2.24) is 19.6 Å². The number of hydrogen-bond donors (Lipinski definition) is 1. The molecule has 0 bridgehead atoms. The average molecular weight is 344 g/mol. The van der Waals surface area contributed by atoms with Crippen molar-refractivity contribution < 1.29 is 9.59 Å². The minimum absolute atomic E-state index is 0.123. The van der Waals surface area contributed by atoms with Crippen molar-refractivity contribution in [3.8, 4) is 0 Å². The van der Waals surface area contributed by atoms with Gasteiger partial charge >= 0.3 is 0 Å². The highest BCUT2D eigenvalue weighted by atomic mass is 16.2. The molecule has 0 aromatic carbocycles. The Morgan fingerprint density at radius 2 is 1.80 bits per heavy atom. The fraction of sp³-hybridized carbons (Fsp3) is 0.526. The number of carbonyl (C=O) groups is 2. The van der Waals surface area contributed by atoms with Crippen LogP contribution in [0.25, 0.3) is 5.52 Å². The summed E-state index contributed by atoms with van der Waals surface area (Å²) in [6.07, 6.45) is 3.53. The van der Waals surface area contributed by atoms with Crippen LogP contribution in [0.5, 0.6) is 0 Å². The largest absolute Gasteiger partial charge is 0.345 e. The highest BCUT2D eigenvalue weighted by molar-refractivity contribution is 6.02. The summed E-state index contributed by atoms with van der Waals surface area (Å²) in [5.41, 5.74) is 0.614. The van der Waals surface area contributed by atoms with Crippen LogP contribution >= 0.6 is 0 Å². The fourth-order valence-corrected chi connectivity index (χ4v) is 2.76. The van der Waals surface area contributed by atoms with Crippen molar-refractivity contribution >= 4 is 17.3 Å². The van der Waals surface area contributed by atoms with Gasteiger partial charge in [-0.3, -0.25) is 14.0 Å². The van der Waals surface area contributed by atoms with Crippen molar-refractivity contribution in [3.63, 3.8) is 0 Å². The Morgan fingerprint density at radius 1 is 1.16 bits per heavy atom. The summed E-state index contributed by atoms with van der Waals surface area (Å²) in [5.74, 6) is -0.172. The lowest BCUT2D eigenvalue weighted by Crippen LogP contribution is -2.41. The van der Waals surface area contributed by atoms with Gasteiger partial charge in [0.05, 0.1) is 5.52 Å². The lowest BCUT2D eigenvalue weighted by Gasteiger charge is -2.20. The van der Waals surface area contributed by atoms with Crippen LogP contribution in [-0.2, 0) is 0 Å². The Kier molecular flexibility index (Phi) is 5.82. The van der Waals surface area contributed by atoms with E-state index in [2.05, 4.69) is 10.3 Å². The second-order valence-corrected chi connectivity index (χ2v) is 7.24. The van der Waals surface area contributed by atoms with Gasteiger partial charge in [0.25, 0.3) is 11.8 Å². The summed E-state index contributed by atoms with van der Waals surface area (Å²) >= 11 is 0. The number of fused-ring (bicyclic) bond motifs is 1. The van der Waals surface area contributed by atoms with Gasteiger partial charge in [-0.1, -0.05) is 19.9 Å². The van der Waals surface area contributed by atoms with Gasteiger partial charge in [0.1, 0.15) is 0 Å². The molecule has 0 spiro atoms. The Bertz CT molecular complexity index is 752. The molecular formula is C19H28N4O2. The van der Waals surface area contributed by atoms with E-state index in [1.165, 1.54) is 0 Å². The first-order chi connectivity index (χ1) is 11.8. The zero-order valence-corrected chi connectivity index (χ0v) is 15.8. The predicted molar refractivity (Wildman–Crippen MR) is 98.9 cm³/mol. The predicted octanol–water partition coefficient (Wildman–Crippen LogP) is 3.12. The lowest BCUT2D eigenvalue weighted by atomic mass is 10.1. The Labute approximate surface area is 149 Å². The lowest BCUT2D eigenvalue weighted by molar-refractivity contribution is 0.0752. The van der Waals surface area contributed by atoms with Gasteiger partial charge in [0.2, 0.25) is 5.82 Å². The first kappa shape index (κ1) is 19.0. The van der Waals surface area contributed by atoms with Crippen LogP contribution in [0.1, 0.15) is 68.6 Å². The molecule has 2 amide bonds. The quantitative estimate of drug-likeness (QED) is 0.875. The molecule has 25 heavy (non-hydrogen) atoms. The number of amides is 2. The van der Waals surface area contributed by atoms with E-state index >= 15 is 0 Å². The fourth-order valence-electron chi connectivity index (χ4n) is 2.76. The molecule has 0 aliphatic heterocycles. The van der Waals surface area contributed by atoms with Crippen LogP contribution in [0.15, 0.2) is 24.4 Å². The number of rotatable bonds is 6. The van der Waals surface area contributed by atoms with E-state index in [1.807, 2.05) is 52.8 Å². The molecule has 0 aliphatic carbocycles.